The molecule has 0 aliphatic rings. The Bertz CT molecular complexity index is 223. The van der Waals surface area contributed by atoms with Gasteiger partial charge in [-0.3, -0.25) is 0 Å². The zero-order valence-electron chi connectivity index (χ0n) is 5.64. The maximum atomic E-state index is 2.56. The average Bonchev–Trinajstić information content (AvgIpc) is 1.88. The molecule has 0 amide bonds. The Morgan fingerprint density at radius 2 is 1.80 bits per heavy atom. The molecule has 0 heterocycles. The summed E-state index contributed by atoms with van der Waals surface area (Å²) in [5.74, 6) is 0. The van der Waals surface area contributed by atoms with Gasteiger partial charge in [-0.05, 0) is 12.1 Å². The van der Waals surface area contributed by atoms with Gasteiger partial charge in [0.05, 0.1) is 0 Å². The predicted octanol–water partition coefficient (Wildman–Crippen LogP) is 2.29. The Hall–Kier alpha value is 0.897. The molecule has 0 unspecified atom stereocenters. The third-order valence-electron chi connectivity index (χ3n) is 1.42. The molecule has 0 radical (unpaired) electrons. The van der Waals surface area contributed by atoms with Crippen molar-refractivity contribution in [3.8, 4) is 0 Å². The van der Waals surface area contributed by atoms with Crippen LogP contribution in [-0.4, -0.2) is 3.79 Å². The molecule has 0 N–H and O–H groups in total. The van der Waals surface area contributed by atoms with Crippen LogP contribution in [0.4, 0.5) is 0 Å². The summed E-state index contributed by atoms with van der Waals surface area (Å²) in [6.45, 7) is 2.19. The van der Waals surface area contributed by atoms with E-state index in [9.17, 15) is 0 Å². The van der Waals surface area contributed by atoms with Crippen molar-refractivity contribution in [3.05, 3.63) is 29.8 Å². The summed E-state index contributed by atoms with van der Waals surface area (Å²) in [4.78, 5) is 0. The van der Waals surface area contributed by atoms with Gasteiger partial charge in [0.2, 0.25) is 3.79 Å². The molecular formula is C7H8I2Si. The van der Waals surface area contributed by atoms with Crippen LogP contribution in [0.5, 0.6) is 0 Å². The van der Waals surface area contributed by atoms with Crippen LogP contribution in [0.3, 0.4) is 0 Å². The number of halogens is 2. The van der Waals surface area contributed by atoms with Gasteiger partial charge in [0.1, 0.15) is 0 Å². The van der Waals surface area contributed by atoms with Crippen LogP contribution < -0.4 is 5.19 Å². The quantitative estimate of drug-likeness (QED) is 0.402. The van der Waals surface area contributed by atoms with E-state index in [2.05, 4.69) is 74.8 Å². The molecule has 3 heteroatoms. The normalized spacial score (nSPS) is 10.4. The molecule has 1 aromatic rings. The molecule has 1 rings (SSSR count). The zero-order chi connectivity index (χ0) is 7.56. The fourth-order valence-corrected chi connectivity index (χ4v) is 5.72. The maximum Gasteiger partial charge on any atom is 0.207 e. The summed E-state index contributed by atoms with van der Waals surface area (Å²) in [5, 5.41) is 1.57. The topological polar surface area (TPSA) is 0 Å². The van der Waals surface area contributed by atoms with E-state index in [1.165, 1.54) is 5.56 Å². The van der Waals surface area contributed by atoms with Gasteiger partial charge in [0, 0.05) is 0 Å². The van der Waals surface area contributed by atoms with E-state index >= 15 is 0 Å². The van der Waals surface area contributed by atoms with Crippen molar-refractivity contribution in [2.24, 2.45) is 0 Å². The minimum Gasteiger partial charge on any atom is -0.103 e. The van der Waals surface area contributed by atoms with Crippen LogP contribution >= 0.6 is 43.6 Å². The molecule has 0 atom stereocenters. The minimum atomic E-state index is -0.628. The molecule has 54 valence electrons. The molecule has 0 aliphatic heterocycles. The van der Waals surface area contributed by atoms with Crippen LogP contribution in [0, 0.1) is 6.92 Å². The van der Waals surface area contributed by atoms with Crippen LogP contribution in [0.1, 0.15) is 5.56 Å². The highest BCUT2D eigenvalue weighted by molar-refractivity contribution is 14.3. The van der Waals surface area contributed by atoms with E-state index in [4.69, 9.17) is 0 Å². The van der Waals surface area contributed by atoms with Gasteiger partial charge in [-0.15, -0.1) is 43.6 Å². The first-order chi connectivity index (χ1) is 4.72. The summed E-state index contributed by atoms with van der Waals surface area (Å²) < 4.78 is -0.628. The molecule has 0 bridgehead atoms. The Morgan fingerprint density at radius 3 is 2.20 bits per heavy atom. The van der Waals surface area contributed by atoms with E-state index in [1.54, 1.807) is 5.19 Å². The second kappa shape index (κ2) is 4.06. The lowest BCUT2D eigenvalue weighted by Gasteiger charge is -2.03. The molecule has 0 aliphatic carbocycles. The van der Waals surface area contributed by atoms with Crippen molar-refractivity contribution in [3.63, 3.8) is 0 Å². The monoisotopic (exact) mass is 374 g/mol. The molecule has 0 saturated carbocycles. The zero-order valence-corrected chi connectivity index (χ0v) is 11.1. The third kappa shape index (κ3) is 2.20. The largest absolute Gasteiger partial charge is 0.207 e. The molecule has 0 nitrogen and oxygen atoms in total. The molecule has 0 fully saturated rings. The van der Waals surface area contributed by atoms with E-state index in [0.717, 1.165) is 0 Å². The van der Waals surface area contributed by atoms with Crippen LogP contribution in [0.25, 0.3) is 0 Å². The van der Waals surface area contributed by atoms with Crippen LogP contribution in [0.2, 0.25) is 0 Å². The number of hydrogen-bond donors (Lipinski definition) is 0. The Labute approximate surface area is 88.4 Å². The van der Waals surface area contributed by atoms with Gasteiger partial charge >= 0.3 is 0 Å². The Morgan fingerprint density at radius 1 is 1.20 bits per heavy atom. The summed E-state index contributed by atoms with van der Waals surface area (Å²) in [6.07, 6.45) is 0. The first kappa shape index (κ1) is 8.99. The molecule has 0 saturated heterocycles. The van der Waals surface area contributed by atoms with Crippen molar-refractivity contribution in [2.75, 3.05) is 0 Å². The molecule has 10 heavy (non-hydrogen) atoms. The number of rotatable bonds is 1. The fourth-order valence-electron chi connectivity index (χ4n) is 0.832. The summed E-state index contributed by atoms with van der Waals surface area (Å²) in [5.41, 5.74) is 1.45. The van der Waals surface area contributed by atoms with Crippen LogP contribution in [-0.2, 0) is 0 Å². The molecule has 1 aromatic carbocycles. The Balaban J connectivity index is 3.03. The second-order valence-electron chi connectivity index (χ2n) is 2.16. The van der Waals surface area contributed by atoms with Crippen molar-refractivity contribution < 1.29 is 0 Å². The third-order valence-corrected chi connectivity index (χ3v) is 6.57. The first-order valence-corrected chi connectivity index (χ1v) is 12.0. The van der Waals surface area contributed by atoms with E-state index in [-0.39, 0.29) is 0 Å². The van der Waals surface area contributed by atoms with Gasteiger partial charge in [-0.1, -0.05) is 29.8 Å². The highest BCUT2D eigenvalue weighted by Crippen LogP contribution is 2.07. The van der Waals surface area contributed by atoms with Gasteiger partial charge in [-0.2, -0.15) is 0 Å². The summed E-state index contributed by atoms with van der Waals surface area (Å²) >= 11 is 5.12. The minimum absolute atomic E-state index is 0.628. The lowest BCUT2D eigenvalue weighted by molar-refractivity contribution is 1.52. The molecule has 0 spiro atoms. The van der Waals surface area contributed by atoms with Crippen molar-refractivity contribution in [1.82, 2.24) is 0 Å². The van der Waals surface area contributed by atoms with Gasteiger partial charge in [0.15, 0.2) is 0 Å². The predicted molar refractivity (Wildman–Crippen MR) is 66.0 cm³/mol. The van der Waals surface area contributed by atoms with E-state index < -0.39 is 3.79 Å². The SMILES string of the molecule is Cc1ccccc1[SiH](I)I. The Kier molecular flexibility index (Phi) is 3.65. The van der Waals surface area contributed by atoms with Crippen molar-refractivity contribution in [2.45, 2.75) is 6.92 Å². The van der Waals surface area contributed by atoms with Gasteiger partial charge in [0.25, 0.3) is 0 Å². The maximum absolute atomic E-state index is 2.56. The average molecular weight is 374 g/mol. The summed E-state index contributed by atoms with van der Waals surface area (Å²) in [7, 11) is 0. The number of hydrogen-bond acceptors (Lipinski definition) is 0. The smallest absolute Gasteiger partial charge is 0.103 e. The number of benzene rings is 1. The fraction of sp³-hybridized carbons (Fsp3) is 0.143. The van der Waals surface area contributed by atoms with Gasteiger partial charge < -0.3 is 0 Å². The lowest BCUT2D eigenvalue weighted by atomic mass is 10.2. The standard InChI is InChI=1S/C7H8I2Si/c1-6-4-2-3-5-7(6)10(8)9/h2-5,10H,1H3. The number of aryl methyl sites for hydroxylation is 1. The lowest BCUT2D eigenvalue weighted by Crippen LogP contribution is -2.19. The highest BCUT2D eigenvalue weighted by Gasteiger charge is 2.05. The van der Waals surface area contributed by atoms with Crippen molar-refractivity contribution >= 4 is 52.6 Å². The van der Waals surface area contributed by atoms with Crippen LogP contribution in [0.15, 0.2) is 24.3 Å². The van der Waals surface area contributed by atoms with Crippen molar-refractivity contribution in [1.29, 1.82) is 0 Å². The first-order valence-electron chi connectivity index (χ1n) is 3.05. The summed E-state index contributed by atoms with van der Waals surface area (Å²) in [6, 6.07) is 8.65. The van der Waals surface area contributed by atoms with E-state index in [0.29, 0.717) is 0 Å². The van der Waals surface area contributed by atoms with E-state index in [1.807, 2.05) is 0 Å². The highest BCUT2D eigenvalue weighted by atomic mass is 127. The second-order valence-corrected chi connectivity index (χ2v) is 18.0. The van der Waals surface area contributed by atoms with Gasteiger partial charge in [-0.25, -0.2) is 0 Å². The molecule has 0 aromatic heterocycles. The molecular weight excluding hydrogens is 366 g/mol.